The van der Waals surface area contributed by atoms with E-state index in [-0.39, 0.29) is 0 Å². The van der Waals surface area contributed by atoms with E-state index in [0.29, 0.717) is 6.04 Å². The van der Waals surface area contributed by atoms with Crippen molar-refractivity contribution in [3.8, 4) is 0 Å². The van der Waals surface area contributed by atoms with E-state index in [0.717, 1.165) is 18.4 Å². The van der Waals surface area contributed by atoms with Crippen molar-refractivity contribution in [2.45, 2.75) is 39.2 Å². The molecule has 0 bridgehead atoms. The molecule has 0 atom stereocenters. The normalized spacial score (nSPS) is 22.9. The highest BCUT2D eigenvalue weighted by molar-refractivity contribution is 5.47. The van der Waals surface area contributed by atoms with Crippen LogP contribution >= 0.6 is 0 Å². The van der Waals surface area contributed by atoms with Crippen LogP contribution in [0.3, 0.4) is 0 Å². The predicted octanol–water partition coefficient (Wildman–Crippen LogP) is 3.06. The van der Waals surface area contributed by atoms with Gasteiger partial charge in [-0.25, -0.2) is 0 Å². The molecule has 2 N–H and O–H groups in total. The first-order valence-corrected chi connectivity index (χ1v) is 7.10. The van der Waals surface area contributed by atoms with Gasteiger partial charge in [-0.2, -0.15) is 0 Å². The molecule has 2 rings (SSSR count). The van der Waals surface area contributed by atoms with Crippen molar-refractivity contribution < 1.29 is 0 Å². The van der Waals surface area contributed by atoms with Gasteiger partial charge < -0.3 is 10.6 Å². The molecular weight excluding hydrogens is 220 g/mol. The second-order valence-corrected chi connectivity index (χ2v) is 6.24. The van der Waals surface area contributed by atoms with Crippen LogP contribution in [0, 0.1) is 11.8 Å². The van der Waals surface area contributed by atoms with Gasteiger partial charge in [0, 0.05) is 25.3 Å². The average molecular weight is 246 g/mol. The minimum absolute atomic E-state index is 0.455. The van der Waals surface area contributed by atoms with Crippen LogP contribution in [0.2, 0.25) is 0 Å². The first-order chi connectivity index (χ1) is 8.54. The molecular formula is C16H26N2. The molecule has 0 unspecified atom stereocenters. The van der Waals surface area contributed by atoms with Gasteiger partial charge in [0.25, 0.3) is 0 Å². The van der Waals surface area contributed by atoms with Crippen LogP contribution in [0.1, 0.15) is 32.3 Å². The fourth-order valence-electron chi connectivity index (χ4n) is 2.79. The van der Waals surface area contributed by atoms with Crippen molar-refractivity contribution >= 4 is 5.69 Å². The SMILES string of the molecule is CC(C)Cc1ccc(N(C)CC2CC(N)C2)cc1. The van der Waals surface area contributed by atoms with E-state index in [1.807, 2.05) is 0 Å². The topological polar surface area (TPSA) is 29.3 Å². The lowest BCUT2D eigenvalue weighted by Gasteiger charge is -2.36. The molecule has 0 aliphatic heterocycles. The quantitative estimate of drug-likeness (QED) is 0.865. The molecule has 18 heavy (non-hydrogen) atoms. The molecule has 100 valence electrons. The summed E-state index contributed by atoms with van der Waals surface area (Å²) in [6.07, 6.45) is 3.55. The van der Waals surface area contributed by atoms with E-state index in [2.05, 4.69) is 50.1 Å². The lowest BCUT2D eigenvalue weighted by atomic mass is 9.80. The number of rotatable bonds is 5. The number of hydrogen-bond donors (Lipinski definition) is 1. The number of nitrogens with zero attached hydrogens (tertiary/aromatic N) is 1. The lowest BCUT2D eigenvalue weighted by Crippen LogP contribution is -2.41. The fourth-order valence-corrected chi connectivity index (χ4v) is 2.79. The Kier molecular flexibility index (Phi) is 4.28. The maximum atomic E-state index is 5.83. The van der Waals surface area contributed by atoms with Crippen LogP contribution in [0.25, 0.3) is 0 Å². The van der Waals surface area contributed by atoms with Gasteiger partial charge in [0.2, 0.25) is 0 Å². The summed E-state index contributed by atoms with van der Waals surface area (Å²) in [6, 6.07) is 9.47. The summed E-state index contributed by atoms with van der Waals surface area (Å²) >= 11 is 0. The van der Waals surface area contributed by atoms with Gasteiger partial charge in [-0.3, -0.25) is 0 Å². The molecule has 0 aromatic heterocycles. The molecule has 0 heterocycles. The molecule has 1 aliphatic rings. The van der Waals surface area contributed by atoms with Crippen LogP contribution in [0.15, 0.2) is 24.3 Å². The smallest absolute Gasteiger partial charge is 0.0363 e. The van der Waals surface area contributed by atoms with Gasteiger partial charge >= 0.3 is 0 Å². The third-order valence-corrected chi connectivity index (χ3v) is 3.83. The van der Waals surface area contributed by atoms with Crippen molar-refractivity contribution in [3.05, 3.63) is 29.8 Å². The van der Waals surface area contributed by atoms with Crippen molar-refractivity contribution in [3.63, 3.8) is 0 Å². The summed E-state index contributed by atoms with van der Waals surface area (Å²) in [5.74, 6) is 1.52. The van der Waals surface area contributed by atoms with Crippen LogP contribution in [0.5, 0.6) is 0 Å². The monoisotopic (exact) mass is 246 g/mol. The van der Waals surface area contributed by atoms with Crippen LogP contribution < -0.4 is 10.6 Å². The van der Waals surface area contributed by atoms with E-state index < -0.39 is 0 Å². The molecule has 1 aromatic rings. The molecule has 0 saturated heterocycles. The van der Waals surface area contributed by atoms with Crippen molar-refractivity contribution in [2.75, 3.05) is 18.5 Å². The molecule has 1 fully saturated rings. The Morgan fingerprint density at radius 3 is 2.33 bits per heavy atom. The van der Waals surface area contributed by atoms with E-state index >= 15 is 0 Å². The standard InChI is InChI=1S/C16H26N2/c1-12(2)8-13-4-6-16(7-5-13)18(3)11-14-9-15(17)10-14/h4-7,12,14-15H,8-11,17H2,1-3H3. The second-order valence-electron chi connectivity index (χ2n) is 6.24. The van der Waals surface area contributed by atoms with E-state index in [9.17, 15) is 0 Å². The van der Waals surface area contributed by atoms with Crippen LogP contribution in [0.4, 0.5) is 5.69 Å². The summed E-state index contributed by atoms with van der Waals surface area (Å²) in [7, 11) is 2.18. The molecule has 0 radical (unpaired) electrons. The largest absolute Gasteiger partial charge is 0.374 e. The average Bonchev–Trinajstić information content (AvgIpc) is 2.27. The first-order valence-electron chi connectivity index (χ1n) is 7.10. The minimum Gasteiger partial charge on any atom is -0.374 e. The van der Waals surface area contributed by atoms with Crippen molar-refractivity contribution in [1.82, 2.24) is 0 Å². The molecule has 0 amide bonds. The van der Waals surface area contributed by atoms with E-state index in [1.54, 1.807) is 0 Å². The van der Waals surface area contributed by atoms with Crippen LogP contribution in [-0.4, -0.2) is 19.6 Å². The zero-order chi connectivity index (χ0) is 13.1. The Labute approximate surface area is 111 Å². The summed E-state index contributed by atoms with van der Waals surface area (Å²) in [4.78, 5) is 2.36. The molecule has 2 nitrogen and oxygen atoms in total. The van der Waals surface area contributed by atoms with Gasteiger partial charge in [-0.15, -0.1) is 0 Å². The Morgan fingerprint density at radius 2 is 1.83 bits per heavy atom. The zero-order valence-corrected chi connectivity index (χ0v) is 11.9. The van der Waals surface area contributed by atoms with Gasteiger partial charge in [0.05, 0.1) is 0 Å². The minimum atomic E-state index is 0.455. The highest BCUT2D eigenvalue weighted by Crippen LogP contribution is 2.27. The maximum Gasteiger partial charge on any atom is 0.0363 e. The predicted molar refractivity (Wildman–Crippen MR) is 79.0 cm³/mol. The summed E-state index contributed by atoms with van der Waals surface area (Å²) in [6.45, 7) is 5.66. The molecule has 1 aromatic carbocycles. The molecule has 1 aliphatic carbocycles. The number of anilines is 1. The highest BCUT2D eigenvalue weighted by Gasteiger charge is 2.26. The molecule has 1 saturated carbocycles. The Hall–Kier alpha value is -1.02. The van der Waals surface area contributed by atoms with Gasteiger partial charge in [0.1, 0.15) is 0 Å². The third-order valence-electron chi connectivity index (χ3n) is 3.83. The Morgan fingerprint density at radius 1 is 1.22 bits per heavy atom. The van der Waals surface area contributed by atoms with Gasteiger partial charge in [0.15, 0.2) is 0 Å². The number of benzene rings is 1. The maximum absolute atomic E-state index is 5.83. The summed E-state index contributed by atoms with van der Waals surface area (Å²) in [5.41, 5.74) is 8.59. The first kappa shape index (κ1) is 13.4. The van der Waals surface area contributed by atoms with Gasteiger partial charge in [-0.05, 0) is 48.8 Å². The van der Waals surface area contributed by atoms with E-state index in [4.69, 9.17) is 5.73 Å². The molecule has 2 heteroatoms. The third kappa shape index (κ3) is 3.49. The summed E-state index contributed by atoms with van der Waals surface area (Å²) < 4.78 is 0. The van der Waals surface area contributed by atoms with Crippen molar-refractivity contribution in [2.24, 2.45) is 17.6 Å². The Balaban J connectivity index is 1.88. The highest BCUT2D eigenvalue weighted by atomic mass is 15.1. The summed E-state index contributed by atoms with van der Waals surface area (Å²) in [5, 5.41) is 0. The fraction of sp³-hybridized carbons (Fsp3) is 0.625. The lowest BCUT2D eigenvalue weighted by molar-refractivity contribution is 0.271. The van der Waals surface area contributed by atoms with Gasteiger partial charge in [-0.1, -0.05) is 26.0 Å². The number of nitrogens with two attached hydrogens (primary N) is 1. The molecule has 0 spiro atoms. The Bertz CT molecular complexity index is 363. The second kappa shape index (κ2) is 5.75. The zero-order valence-electron chi connectivity index (χ0n) is 11.9. The van der Waals surface area contributed by atoms with Crippen molar-refractivity contribution in [1.29, 1.82) is 0 Å². The van der Waals surface area contributed by atoms with E-state index in [1.165, 1.54) is 30.5 Å². The van der Waals surface area contributed by atoms with Crippen LogP contribution in [-0.2, 0) is 6.42 Å². The number of hydrogen-bond acceptors (Lipinski definition) is 2.